The van der Waals surface area contributed by atoms with Gasteiger partial charge in [-0.25, -0.2) is 0 Å². The number of Topliss-reactive ketones (excluding diaryl/α,β-unsaturated/α-hetero) is 2. The minimum absolute atomic E-state index is 0.335. The fourth-order valence-electron chi connectivity index (χ4n) is 5.18. The third-order valence-electron chi connectivity index (χ3n) is 7.31. The number of rotatable bonds is 24. The monoisotopic (exact) mass is 570 g/mol. The summed E-state index contributed by atoms with van der Waals surface area (Å²) >= 11 is -2.33. The van der Waals surface area contributed by atoms with Gasteiger partial charge in [0.1, 0.15) is 0 Å². The van der Waals surface area contributed by atoms with Crippen molar-refractivity contribution in [2.75, 3.05) is 0 Å². The van der Waals surface area contributed by atoms with Crippen LogP contribution in [0.25, 0.3) is 0 Å². The summed E-state index contributed by atoms with van der Waals surface area (Å²) in [6.45, 7) is 10.5. The third kappa shape index (κ3) is 17.9. The molecule has 0 aliphatic carbocycles. The van der Waals surface area contributed by atoms with Crippen LogP contribution in [0.4, 0.5) is 0 Å². The Bertz CT molecular complexity index is 502. The molecule has 0 aliphatic rings. The first-order valence-corrected chi connectivity index (χ1v) is 22.1. The summed E-state index contributed by atoms with van der Waals surface area (Å²) in [4.78, 5) is 22.4. The van der Waals surface area contributed by atoms with Gasteiger partial charge < -0.3 is 0 Å². The molecule has 0 aliphatic heterocycles. The van der Waals surface area contributed by atoms with E-state index < -0.39 is 18.4 Å². The van der Waals surface area contributed by atoms with Crippen molar-refractivity contribution in [1.82, 2.24) is 0 Å². The Labute approximate surface area is 212 Å². The molecule has 0 fully saturated rings. The summed E-state index contributed by atoms with van der Waals surface area (Å²) in [7, 11) is 0. The molecule has 0 amide bonds. The molecule has 3 heteroatoms. The van der Waals surface area contributed by atoms with Crippen molar-refractivity contribution in [2.45, 2.75) is 164 Å². The van der Waals surface area contributed by atoms with E-state index in [9.17, 15) is 9.59 Å². The van der Waals surface area contributed by atoms with E-state index in [1.54, 1.807) is 27.2 Å². The molecule has 0 bridgehead atoms. The molecule has 0 unspecified atom stereocenters. The Hall–Kier alpha value is -0.121. The summed E-state index contributed by atoms with van der Waals surface area (Å²) in [5, 5.41) is 0. The van der Waals surface area contributed by atoms with Gasteiger partial charge in [-0.1, -0.05) is 0 Å². The number of unbranched alkanes of at least 4 members (excludes halogenated alkanes) is 10. The number of carbonyl (C=O) groups excluding carboxylic acids is 2. The number of ketones is 2. The van der Waals surface area contributed by atoms with Gasteiger partial charge in [0.25, 0.3) is 0 Å². The van der Waals surface area contributed by atoms with Gasteiger partial charge in [-0.05, 0) is 0 Å². The van der Waals surface area contributed by atoms with E-state index in [1.807, 2.05) is 3.59 Å². The average molecular weight is 570 g/mol. The second-order valence-electron chi connectivity index (χ2n) is 10.6. The Morgan fingerprint density at radius 3 is 1.33 bits per heavy atom. The van der Waals surface area contributed by atoms with Crippen LogP contribution in [-0.4, -0.2) is 29.9 Å². The van der Waals surface area contributed by atoms with Crippen LogP contribution in [0, 0.1) is 0 Å². The Morgan fingerprint density at radius 1 is 0.545 bits per heavy atom. The normalized spacial score (nSPS) is 12.3. The van der Waals surface area contributed by atoms with Crippen LogP contribution in [0.2, 0.25) is 13.3 Å². The van der Waals surface area contributed by atoms with Crippen LogP contribution in [0.15, 0.2) is 9.67 Å². The van der Waals surface area contributed by atoms with Crippen molar-refractivity contribution in [2.24, 2.45) is 0 Å². The van der Waals surface area contributed by atoms with Gasteiger partial charge in [-0.2, -0.15) is 0 Å². The molecule has 0 saturated heterocycles. The molecule has 0 radical (unpaired) electrons. The number of carbonyl (C=O) groups is 2. The minimum atomic E-state index is -2.33. The summed E-state index contributed by atoms with van der Waals surface area (Å²) in [6.07, 6.45) is 24.9. The van der Waals surface area contributed by atoms with Crippen molar-refractivity contribution in [3.8, 4) is 0 Å². The van der Waals surface area contributed by atoms with Gasteiger partial charge in [0, 0.05) is 0 Å². The van der Waals surface area contributed by atoms with Crippen LogP contribution < -0.4 is 0 Å². The van der Waals surface area contributed by atoms with E-state index in [-0.39, 0.29) is 0 Å². The Morgan fingerprint density at radius 2 is 0.939 bits per heavy atom. The fourth-order valence-corrected chi connectivity index (χ4v) is 22.6. The number of allylic oxidation sites excluding steroid dienone is 2. The average Bonchev–Trinajstić information content (AvgIpc) is 2.78. The zero-order chi connectivity index (χ0) is 24.8. The molecule has 0 aromatic rings. The molecule has 0 rings (SSSR count). The molecule has 0 saturated carbocycles. The zero-order valence-electron chi connectivity index (χ0n) is 23.2. The van der Waals surface area contributed by atoms with Crippen LogP contribution >= 0.6 is 0 Å². The van der Waals surface area contributed by atoms with Crippen LogP contribution in [0.1, 0.15) is 150 Å². The van der Waals surface area contributed by atoms with Crippen LogP contribution in [-0.2, 0) is 9.59 Å². The maximum atomic E-state index is 11.2. The molecule has 0 atom stereocenters. The second kappa shape index (κ2) is 22.3. The van der Waals surface area contributed by atoms with E-state index in [2.05, 4.69) is 26.8 Å². The van der Waals surface area contributed by atoms with Crippen molar-refractivity contribution >= 4 is 29.9 Å². The Balaban J connectivity index is 5.22. The van der Waals surface area contributed by atoms with Gasteiger partial charge >= 0.3 is 213 Å². The van der Waals surface area contributed by atoms with E-state index in [1.165, 1.54) is 89.9 Å². The molecule has 0 aromatic heterocycles. The molecule has 0 N–H and O–H groups in total. The molecule has 33 heavy (non-hydrogen) atoms. The van der Waals surface area contributed by atoms with Crippen molar-refractivity contribution in [1.29, 1.82) is 0 Å². The van der Waals surface area contributed by atoms with Gasteiger partial charge in [0.05, 0.1) is 0 Å². The first-order chi connectivity index (χ1) is 15.9. The van der Waals surface area contributed by atoms with E-state index in [0.717, 1.165) is 25.7 Å². The van der Waals surface area contributed by atoms with Gasteiger partial charge in [-0.3, -0.25) is 0 Å². The van der Waals surface area contributed by atoms with Gasteiger partial charge in [0.15, 0.2) is 0 Å². The molecule has 0 heterocycles. The quantitative estimate of drug-likeness (QED) is 0.0856. The van der Waals surface area contributed by atoms with Crippen molar-refractivity contribution in [3.63, 3.8) is 0 Å². The SMILES string of the molecule is CCC[CH2][Sn]([CH2]CCC)([CH2]CCC)/[C](=C/CCCCCCC(C)=O)CCCCCCC(C)=O. The number of hydrogen-bond acceptors (Lipinski definition) is 2. The maximum absolute atomic E-state index is 11.2. The second-order valence-corrected chi connectivity index (χ2v) is 24.0. The third-order valence-corrected chi connectivity index (χ3v) is 23.7. The molecular formula is C30H58O2Sn. The predicted octanol–water partition coefficient (Wildman–Crippen LogP) is 10.2. The predicted molar refractivity (Wildman–Crippen MR) is 150 cm³/mol. The van der Waals surface area contributed by atoms with Crippen molar-refractivity contribution in [3.05, 3.63) is 9.67 Å². The van der Waals surface area contributed by atoms with Crippen LogP contribution in [0.5, 0.6) is 0 Å². The molecule has 0 spiro atoms. The fraction of sp³-hybridized carbons (Fsp3) is 0.867. The molecule has 2 nitrogen and oxygen atoms in total. The van der Waals surface area contributed by atoms with E-state index >= 15 is 0 Å². The number of hydrogen-bond donors (Lipinski definition) is 0. The molecular weight excluding hydrogens is 511 g/mol. The van der Waals surface area contributed by atoms with Gasteiger partial charge in [0.2, 0.25) is 0 Å². The van der Waals surface area contributed by atoms with Gasteiger partial charge in [-0.15, -0.1) is 0 Å². The Kier molecular flexibility index (Phi) is 22.3. The van der Waals surface area contributed by atoms with Crippen LogP contribution in [0.3, 0.4) is 0 Å². The summed E-state index contributed by atoms with van der Waals surface area (Å²) in [5.41, 5.74) is 0. The molecule has 194 valence electrons. The molecule has 0 aromatic carbocycles. The van der Waals surface area contributed by atoms with E-state index in [4.69, 9.17) is 0 Å². The standard InChI is InChI=1S/C18H31O2.3C4H9.Sn/c1-17(19)15-13-11-9-7-5-3-4-6-8-10-12-14-16-18(2)20;3*1-3-4-2;/h3H,5-16H2,1-2H3;3*1,3-4H2,2H3;. The summed E-state index contributed by atoms with van der Waals surface area (Å²) in [5.74, 6) is 0.676. The first kappa shape index (κ1) is 32.9. The van der Waals surface area contributed by atoms with Crippen molar-refractivity contribution < 1.29 is 9.59 Å². The first-order valence-electron chi connectivity index (χ1n) is 14.6. The van der Waals surface area contributed by atoms with E-state index in [0.29, 0.717) is 11.6 Å². The summed E-state index contributed by atoms with van der Waals surface area (Å²) < 4.78 is 6.69. The summed E-state index contributed by atoms with van der Waals surface area (Å²) in [6, 6.07) is 0. The zero-order valence-corrected chi connectivity index (χ0v) is 26.1. The topological polar surface area (TPSA) is 34.1 Å².